The summed E-state index contributed by atoms with van der Waals surface area (Å²) >= 11 is 0. The number of hydrogen-bond acceptors (Lipinski definition) is 4. The van der Waals surface area contributed by atoms with Gasteiger partial charge in [0.05, 0.1) is 25.9 Å². The fraction of sp³-hybridized carbons (Fsp3) is 0.647. The first-order chi connectivity index (χ1) is 10.1. The molecule has 1 fully saturated rings. The molecule has 2 atom stereocenters. The summed E-state index contributed by atoms with van der Waals surface area (Å²) in [5.41, 5.74) is 1.18. The van der Waals surface area contributed by atoms with Gasteiger partial charge in [0.25, 0.3) is 0 Å². The molecule has 0 spiro atoms. The van der Waals surface area contributed by atoms with Gasteiger partial charge in [-0.2, -0.15) is 0 Å². The van der Waals surface area contributed by atoms with Gasteiger partial charge in [-0.1, -0.05) is 6.07 Å². The van der Waals surface area contributed by atoms with Crippen molar-refractivity contribution in [1.29, 1.82) is 0 Å². The minimum atomic E-state index is 0.326. The monoisotopic (exact) mass is 293 g/mol. The van der Waals surface area contributed by atoms with Gasteiger partial charge in [-0.3, -0.25) is 4.90 Å². The van der Waals surface area contributed by atoms with Crippen LogP contribution in [-0.2, 0) is 4.74 Å². The van der Waals surface area contributed by atoms with Gasteiger partial charge in [-0.15, -0.1) is 0 Å². The summed E-state index contributed by atoms with van der Waals surface area (Å²) in [4.78, 5) is 2.45. The lowest BCUT2D eigenvalue weighted by Gasteiger charge is -2.35. The summed E-state index contributed by atoms with van der Waals surface area (Å²) in [7, 11) is 1.68. The summed E-state index contributed by atoms with van der Waals surface area (Å²) < 4.78 is 16.9. The molecule has 21 heavy (non-hydrogen) atoms. The fourth-order valence-electron chi connectivity index (χ4n) is 2.83. The summed E-state index contributed by atoms with van der Waals surface area (Å²) in [5.74, 6) is 1.63. The maximum atomic E-state index is 5.84. The number of morpholine rings is 1. The maximum absolute atomic E-state index is 5.84. The van der Waals surface area contributed by atoms with E-state index in [4.69, 9.17) is 14.2 Å². The lowest BCUT2D eigenvalue weighted by molar-refractivity contribution is -0.0686. The van der Waals surface area contributed by atoms with Crippen LogP contribution >= 0.6 is 0 Å². The minimum absolute atomic E-state index is 0.326. The molecule has 0 amide bonds. The van der Waals surface area contributed by atoms with Gasteiger partial charge in [0.15, 0.2) is 11.5 Å². The summed E-state index contributed by atoms with van der Waals surface area (Å²) in [5, 5.41) is 0. The molecule has 0 N–H and O–H groups in total. The second-order valence-electron chi connectivity index (χ2n) is 5.87. The molecule has 1 aromatic carbocycles. The molecule has 1 saturated heterocycles. The van der Waals surface area contributed by atoms with E-state index >= 15 is 0 Å². The zero-order valence-corrected chi connectivity index (χ0v) is 13.6. The van der Waals surface area contributed by atoms with E-state index in [1.165, 1.54) is 5.56 Å². The predicted molar refractivity (Wildman–Crippen MR) is 84.3 cm³/mol. The lowest BCUT2D eigenvalue weighted by Crippen LogP contribution is -2.45. The number of aryl methyl sites for hydroxylation is 1. The second-order valence-corrected chi connectivity index (χ2v) is 5.87. The van der Waals surface area contributed by atoms with E-state index in [1.807, 2.05) is 25.1 Å². The van der Waals surface area contributed by atoms with E-state index in [9.17, 15) is 0 Å². The smallest absolute Gasteiger partial charge is 0.161 e. The van der Waals surface area contributed by atoms with Crippen molar-refractivity contribution in [2.45, 2.75) is 39.4 Å². The molecule has 1 aromatic rings. The Labute approximate surface area is 128 Å². The quantitative estimate of drug-likeness (QED) is 0.755. The minimum Gasteiger partial charge on any atom is -0.493 e. The Bertz CT molecular complexity index is 440. The Hall–Kier alpha value is -1.26. The van der Waals surface area contributed by atoms with Crippen molar-refractivity contribution in [1.82, 2.24) is 4.90 Å². The molecule has 1 aliphatic heterocycles. The Morgan fingerprint density at radius 3 is 2.57 bits per heavy atom. The van der Waals surface area contributed by atoms with Crippen molar-refractivity contribution < 1.29 is 14.2 Å². The first-order valence-electron chi connectivity index (χ1n) is 7.73. The van der Waals surface area contributed by atoms with Crippen LogP contribution in [0.15, 0.2) is 18.2 Å². The van der Waals surface area contributed by atoms with Gasteiger partial charge in [-0.25, -0.2) is 0 Å². The average Bonchev–Trinajstić information content (AvgIpc) is 2.43. The lowest BCUT2D eigenvalue weighted by atomic mass is 10.2. The molecule has 118 valence electrons. The molecule has 0 aromatic heterocycles. The molecule has 1 heterocycles. The third kappa shape index (κ3) is 4.90. The third-order valence-electron chi connectivity index (χ3n) is 3.69. The number of benzene rings is 1. The van der Waals surface area contributed by atoms with Crippen LogP contribution in [-0.4, -0.2) is 50.5 Å². The van der Waals surface area contributed by atoms with Crippen LogP contribution in [0.3, 0.4) is 0 Å². The first-order valence-corrected chi connectivity index (χ1v) is 7.73. The normalized spacial score (nSPS) is 23.0. The second kappa shape index (κ2) is 7.66. The summed E-state index contributed by atoms with van der Waals surface area (Å²) in [6, 6.07) is 6.02. The molecular weight excluding hydrogens is 266 g/mol. The Kier molecular flexibility index (Phi) is 5.88. The average molecular weight is 293 g/mol. The van der Waals surface area contributed by atoms with Crippen LogP contribution in [0, 0.1) is 6.92 Å². The molecule has 1 aliphatic rings. The highest BCUT2D eigenvalue weighted by molar-refractivity contribution is 5.42. The van der Waals surface area contributed by atoms with E-state index in [1.54, 1.807) is 7.11 Å². The van der Waals surface area contributed by atoms with Crippen molar-refractivity contribution in [3.05, 3.63) is 23.8 Å². The van der Waals surface area contributed by atoms with Crippen molar-refractivity contribution in [2.24, 2.45) is 0 Å². The highest BCUT2D eigenvalue weighted by Gasteiger charge is 2.21. The zero-order valence-electron chi connectivity index (χ0n) is 13.6. The van der Waals surface area contributed by atoms with Crippen LogP contribution < -0.4 is 9.47 Å². The topological polar surface area (TPSA) is 30.9 Å². The van der Waals surface area contributed by atoms with E-state index in [-0.39, 0.29) is 0 Å². The van der Waals surface area contributed by atoms with Crippen molar-refractivity contribution in [3.8, 4) is 11.5 Å². The van der Waals surface area contributed by atoms with Gasteiger partial charge in [-0.05, 0) is 44.9 Å². The summed E-state index contributed by atoms with van der Waals surface area (Å²) in [6.45, 7) is 10.1. The van der Waals surface area contributed by atoms with E-state index in [2.05, 4.69) is 18.7 Å². The predicted octanol–water partition coefficient (Wildman–Crippen LogP) is 2.88. The molecule has 4 nitrogen and oxygen atoms in total. The standard InChI is InChI=1S/C17H27NO3/c1-13-6-7-16(17(10-13)19-4)20-9-5-8-18-11-14(2)21-15(3)12-18/h6-7,10,14-15H,5,8-9,11-12H2,1-4H3/t14-,15+. The molecule has 0 aliphatic carbocycles. The van der Waals surface area contributed by atoms with E-state index in [0.29, 0.717) is 18.8 Å². The van der Waals surface area contributed by atoms with Crippen LogP contribution in [0.2, 0.25) is 0 Å². The number of nitrogens with zero attached hydrogens (tertiary/aromatic N) is 1. The fourth-order valence-corrected chi connectivity index (χ4v) is 2.83. The van der Waals surface area contributed by atoms with Gasteiger partial charge in [0.1, 0.15) is 0 Å². The Morgan fingerprint density at radius 1 is 1.19 bits per heavy atom. The first kappa shape index (κ1) is 16.1. The zero-order chi connectivity index (χ0) is 15.2. The van der Waals surface area contributed by atoms with Gasteiger partial charge >= 0.3 is 0 Å². The number of ether oxygens (including phenoxy) is 3. The highest BCUT2D eigenvalue weighted by Crippen LogP contribution is 2.27. The molecule has 0 saturated carbocycles. The Morgan fingerprint density at radius 2 is 1.90 bits per heavy atom. The largest absolute Gasteiger partial charge is 0.493 e. The van der Waals surface area contributed by atoms with Crippen molar-refractivity contribution in [2.75, 3.05) is 33.4 Å². The molecule has 0 radical (unpaired) electrons. The SMILES string of the molecule is COc1cc(C)ccc1OCCCN1C[C@@H](C)O[C@@H](C)C1. The Balaban J connectivity index is 1.74. The number of hydrogen-bond donors (Lipinski definition) is 0. The molecule has 0 bridgehead atoms. The number of rotatable bonds is 6. The molecule has 2 rings (SSSR count). The molecule has 4 heteroatoms. The van der Waals surface area contributed by atoms with Gasteiger partial charge in [0, 0.05) is 19.6 Å². The highest BCUT2D eigenvalue weighted by atomic mass is 16.5. The van der Waals surface area contributed by atoms with Crippen molar-refractivity contribution >= 4 is 0 Å². The van der Waals surface area contributed by atoms with E-state index < -0.39 is 0 Å². The van der Waals surface area contributed by atoms with Gasteiger partial charge < -0.3 is 14.2 Å². The molecular formula is C17H27NO3. The van der Waals surface area contributed by atoms with Crippen molar-refractivity contribution in [3.63, 3.8) is 0 Å². The maximum Gasteiger partial charge on any atom is 0.161 e. The van der Waals surface area contributed by atoms with Crippen LogP contribution in [0.25, 0.3) is 0 Å². The van der Waals surface area contributed by atoms with Crippen LogP contribution in [0.1, 0.15) is 25.8 Å². The van der Waals surface area contributed by atoms with Gasteiger partial charge in [0.2, 0.25) is 0 Å². The molecule has 0 unspecified atom stereocenters. The van der Waals surface area contributed by atoms with Crippen LogP contribution in [0.5, 0.6) is 11.5 Å². The third-order valence-corrected chi connectivity index (χ3v) is 3.69. The summed E-state index contributed by atoms with van der Waals surface area (Å²) in [6.07, 6.45) is 1.66. The van der Waals surface area contributed by atoms with Crippen LogP contribution in [0.4, 0.5) is 0 Å². The number of methoxy groups -OCH3 is 1. The van der Waals surface area contributed by atoms with E-state index in [0.717, 1.165) is 37.6 Å².